The van der Waals surface area contributed by atoms with Crippen LogP contribution in [0, 0.1) is 0 Å². The van der Waals surface area contributed by atoms with Gasteiger partial charge < -0.3 is 10.1 Å². The predicted molar refractivity (Wildman–Crippen MR) is 70.9 cm³/mol. The Hall–Kier alpha value is -0.910. The number of ether oxygens (including phenoxy) is 1. The minimum Gasteiger partial charge on any atom is -0.497 e. The maximum absolute atomic E-state index is 11.8. The summed E-state index contributed by atoms with van der Waals surface area (Å²) in [7, 11) is 1.57. The number of hydrogen-bond acceptors (Lipinski definition) is 4. The van der Waals surface area contributed by atoms with Crippen LogP contribution in [0.2, 0.25) is 5.02 Å². The van der Waals surface area contributed by atoms with E-state index in [4.69, 9.17) is 16.3 Å². The third-order valence-corrected chi connectivity index (χ3v) is 3.72. The highest BCUT2D eigenvalue weighted by Gasteiger charge is 2.22. The molecule has 1 unspecified atom stereocenters. The molecule has 0 radical (unpaired) electrons. The number of halogens is 1. The Morgan fingerprint density at radius 2 is 2.47 bits per heavy atom. The van der Waals surface area contributed by atoms with Crippen LogP contribution in [-0.2, 0) is 4.79 Å². The van der Waals surface area contributed by atoms with Gasteiger partial charge in [0.05, 0.1) is 23.9 Å². The Labute approximate surface area is 109 Å². The van der Waals surface area contributed by atoms with Gasteiger partial charge in [0.2, 0.25) is 5.91 Å². The number of anilines is 1. The van der Waals surface area contributed by atoms with Crippen molar-refractivity contribution in [1.82, 2.24) is 5.32 Å². The van der Waals surface area contributed by atoms with Gasteiger partial charge in [-0.05, 0) is 12.1 Å². The molecule has 2 rings (SSSR count). The first-order valence-corrected chi connectivity index (χ1v) is 6.69. The molecule has 0 saturated carbocycles. The molecule has 4 nitrogen and oxygen atoms in total. The molecule has 6 heteroatoms. The second-order valence-electron chi connectivity index (χ2n) is 3.61. The number of amides is 1. The van der Waals surface area contributed by atoms with E-state index in [1.807, 2.05) is 0 Å². The first-order valence-electron chi connectivity index (χ1n) is 5.16. The molecular weight excluding hydrogens is 260 g/mol. The van der Waals surface area contributed by atoms with E-state index in [2.05, 4.69) is 10.6 Å². The quantitative estimate of drug-likeness (QED) is 0.883. The van der Waals surface area contributed by atoms with Crippen molar-refractivity contribution in [3.63, 3.8) is 0 Å². The van der Waals surface area contributed by atoms with Gasteiger partial charge in [-0.1, -0.05) is 11.6 Å². The summed E-state index contributed by atoms with van der Waals surface area (Å²) in [4.78, 5) is 11.8. The Balaban J connectivity index is 2.05. The van der Waals surface area contributed by atoms with Gasteiger partial charge in [-0.3, -0.25) is 10.1 Å². The van der Waals surface area contributed by atoms with E-state index in [0.29, 0.717) is 16.5 Å². The monoisotopic (exact) mass is 272 g/mol. The lowest BCUT2D eigenvalue weighted by atomic mass is 10.2. The SMILES string of the molecule is COc1ccc(NC(=O)C2CSCN2)c(Cl)c1. The highest BCUT2D eigenvalue weighted by atomic mass is 35.5. The Morgan fingerprint density at radius 1 is 1.65 bits per heavy atom. The lowest BCUT2D eigenvalue weighted by molar-refractivity contribution is -0.117. The van der Waals surface area contributed by atoms with E-state index in [0.717, 1.165) is 11.6 Å². The van der Waals surface area contributed by atoms with Crippen LogP contribution in [0.3, 0.4) is 0 Å². The van der Waals surface area contributed by atoms with Gasteiger partial charge >= 0.3 is 0 Å². The van der Waals surface area contributed by atoms with Crippen LogP contribution >= 0.6 is 23.4 Å². The summed E-state index contributed by atoms with van der Waals surface area (Å²) in [5.41, 5.74) is 0.608. The lowest BCUT2D eigenvalue weighted by Crippen LogP contribution is -2.37. The van der Waals surface area contributed by atoms with Crippen molar-refractivity contribution in [1.29, 1.82) is 0 Å². The summed E-state index contributed by atoms with van der Waals surface area (Å²) in [6.07, 6.45) is 0. The summed E-state index contributed by atoms with van der Waals surface area (Å²) >= 11 is 7.75. The van der Waals surface area contributed by atoms with Gasteiger partial charge in [0, 0.05) is 17.7 Å². The zero-order valence-electron chi connectivity index (χ0n) is 9.33. The second kappa shape index (κ2) is 5.62. The van der Waals surface area contributed by atoms with Crippen molar-refractivity contribution in [3.8, 4) is 5.75 Å². The van der Waals surface area contributed by atoms with E-state index in [-0.39, 0.29) is 11.9 Å². The van der Waals surface area contributed by atoms with Crippen molar-refractivity contribution >= 4 is 35.0 Å². The largest absolute Gasteiger partial charge is 0.497 e. The maximum atomic E-state index is 11.8. The van der Waals surface area contributed by atoms with Gasteiger partial charge in [-0.2, -0.15) is 0 Å². The van der Waals surface area contributed by atoms with Crippen LogP contribution in [0.25, 0.3) is 0 Å². The molecule has 1 aliphatic rings. The lowest BCUT2D eigenvalue weighted by Gasteiger charge is -2.12. The maximum Gasteiger partial charge on any atom is 0.242 e. The molecule has 1 amide bonds. The van der Waals surface area contributed by atoms with Crippen LogP contribution in [0.5, 0.6) is 5.75 Å². The van der Waals surface area contributed by atoms with Crippen molar-refractivity contribution in [2.24, 2.45) is 0 Å². The molecule has 1 fully saturated rings. The van der Waals surface area contributed by atoms with Crippen molar-refractivity contribution in [3.05, 3.63) is 23.2 Å². The minimum atomic E-state index is -0.141. The van der Waals surface area contributed by atoms with Crippen molar-refractivity contribution < 1.29 is 9.53 Å². The molecule has 1 aromatic carbocycles. The zero-order chi connectivity index (χ0) is 12.3. The van der Waals surface area contributed by atoms with E-state index in [1.165, 1.54) is 0 Å². The number of carbonyl (C=O) groups excluding carboxylic acids is 1. The molecule has 1 aromatic rings. The molecule has 1 heterocycles. The number of thioether (sulfide) groups is 1. The van der Waals surface area contributed by atoms with Gasteiger partial charge in [0.1, 0.15) is 5.75 Å². The Bertz CT molecular complexity index is 422. The summed E-state index contributed by atoms with van der Waals surface area (Å²) in [6.45, 7) is 0. The number of hydrogen-bond donors (Lipinski definition) is 2. The number of carbonyl (C=O) groups is 1. The molecule has 1 aliphatic heterocycles. The van der Waals surface area contributed by atoms with E-state index in [1.54, 1.807) is 37.1 Å². The number of rotatable bonds is 3. The summed E-state index contributed by atoms with van der Waals surface area (Å²) < 4.78 is 5.04. The first-order chi connectivity index (χ1) is 8.20. The van der Waals surface area contributed by atoms with Crippen LogP contribution < -0.4 is 15.4 Å². The zero-order valence-corrected chi connectivity index (χ0v) is 10.9. The average molecular weight is 273 g/mol. The molecule has 1 saturated heterocycles. The van der Waals surface area contributed by atoms with Crippen LogP contribution in [0.4, 0.5) is 5.69 Å². The highest BCUT2D eigenvalue weighted by Crippen LogP contribution is 2.27. The fourth-order valence-electron chi connectivity index (χ4n) is 1.51. The van der Waals surface area contributed by atoms with Gasteiger partial charge in [-0.25, -0.2) is 0 Å². The molecule has 0 aliphatic carbocycles. The van der Waals surface area contributed by atoms with E-state index < -0.39 is 0 Å². The minimum absolute atomic E-state index is 0.0536. The van der Waals surface area contributed by atoms with Crippen molar-refractivity contribution in [2.45, 2.75) is 6.04 Å². The standard InChI is InChI=1S/C11H13ClN2O2S/c1-16-7-2-3-9(8(12)4-7)14-11(15)10-5-17-6-13-10/h2-4,10,13H,5-6H2,1H3,(H,14,15). The smallest absolute Gasteiger partial charge is 0.242 e. The number of nitrogens with one attached hydrogen (secondary N) is 2. The molecule has 1 atom stereocenters. The molecular formula is C11H13ClN2O2S. The summed E-state index contributed by atoms with van der Waals surface area (Å²) in [6, 6.07) is 5.03. The third kappa shape index (κ3) is 3.06. The van der Waals surface area contributed by atoms with E-state index >= 15 is 0 Å². The third-order valence-electron chi connectivity index (χ3n) is 2.47. The highest BCUT2D eigenvalue weighted by molar-refractivity contribution is 7.99. The normalized spacial score (nSPS) is 19.1. The molecule has 0 spiro atoms. The first kappa shape index (κ1) is 12.5. The fourth-order valence-corrected chi connectivity index (χ4v) is 2.67. The van der Waals surface area contributed by atoms with Gasteiger partial charge in [0.15, 0.2) is 0 Å². The molecule has 92 valence electrons. The second-order valence-corrected chi connectivity index (χ2v) is 5.04. The average Bonchev–Trinajstić information content (AvgIpc) is 2.85. The number of benzene rings is 1. The van der Waals surface area contributed by atoms with Crippen molar-refractivity contribution in [2.75, 3.05) is 24.1 Å². The van der Waals surface area contributed by atoms with Crippen LogP contribution in [-0.4, -0.2) is 30.7 Å². The molecule has 17 heavy (non-hydrogen) atoms. The molecule has 0 bridgehead atoms. The predicted octanol–water partition coefficient (Wildman–Crippen LogP) is 1.95. The van der Waals surface area contributed by atoms with Gasteiger partial charge in [0.25, 0.3) is 0 Å². The Kier molecular flexibility index (Phi) is 4.15. The van der Waals surface area contributed by atoms with E-state index in [9.17, 15) is 4.79 Å². The fraction of sp³-hybridized carbons (Fsp3) is 0.364. The molecule has 0 aromatic heterocycles. The topological polar surface area (TPSA) is 50.4 Å². The summed E-state index contributed by atoms with van der Waals surface area (Å²) in [5, 5.41) is 6.38. The van der Waals surface area contributed by atoms with Crippen LogP contribution in [0.15, 0.2) is 18.2 Å². The van der Waals surface area contributed by atoms with Gasteiger partial charge in [-0.15, -0.1) is 11.8 Å². The molecule has 2 N–H and O–H groups in total. The Morgan fingerprint density at radius 3 is 3.06 bits per heavy atom. The summed E-state index contributed by atoms with van der Waals surface area (Å²) in [5.74, 6) is 2.22. The number of methoxy groups -OCH3 is 1. The van der Waals surface area contributed by atoms with Crippen LogP contribution in [0.1, 0.15) is 0 Å².